The number of thiol groups is 1. The van der Waals surface area contributed by atoms with Crippen molar-refractivity contribution in [3.05, 3.63) is 0 Å². The number of hydrogen-bond acceptors (Lipinski definition) is 4. The molecule has 1 rings (SSSR count). The lowest BCUT2D eigenvalue weighted by molar-refractivity contribution is -0.143. The lowest BCUT2D eigenvalue weighted by Gasteiger charge is -2.30. The van der Waals surface area contributed by atoms with Gasteiger partial charge in [-0.1, -0.05) is 0 Å². The maximum Gasteiger partial charge on any atom is 0.307 e. The summed E-state index contributed by atoms with van der Waals surface area (Å²) in [7, 11) is 0. The van der Waals surface area contributed by atoms with Crippen LogP contribution in [0.1, 0.15) is 12.8 Å². The SMILES string of the molecule is O=C(O)C1CCCN(CCOS)C1. The summed E-state index contributed by atoms with van der Waals surface area (Å²) < 4.78 is 4.65. The van der Waals surface area contributed by atoms with E-state index in [-0.39, 0.29) is 5.92 Å². The van der Waals surface area contributed by atoms with Gasteiger partial charge < -0.3 is 14.2 Å². The Morgan fingerprint density at radius 1 is 1.69 bits per heavy atom. The van der Waals surface area contributed by atoms with Crippen LogP contribution in [0.2, 0.25) is 0 Å². The van der Waals surface area contributed by atoms with Gasteiger partial charge in [-0.05, 0) is 32.3 Å². The lowest BCUT2D eigenvalue weighted by atomic mass is 9.98. The zero-order valence-electron chi connectivity index (χ0n) is 7.48. The number of carboxylic acids is 1. The molecule has 1 saturated heterocycles. The highest BCUT2D eigenvalue weighted by molar-refractivity contribution is 7.75. The fraction of sp³-hybridized carbons (Fsp3) is 0.875. The Kier molecular flexibility index (Phi) is 4.55. The molecule has 4 nitrogen and oxygen atoms in total. The molecular formula is C8H15NO3S. The van der Waals surface area contributed by atoms with Gasteiger partial charge in [0.1, 0.15) is 0 Å². The molecule has 0 aromatic heterocycles. The van der Waals surface area contributed by atoms with Gasteiger partial charge in [-0.25, -0.2) is 0 Å². The molecule has 1 fully saturated rings. The molecule has 1 N–H and O–H groups in total. The normalized spacial score (nSPS) is 24.5. The van der Waals surface area contributed by atoms with Crippen LogP contribution in [0.25, 0.3) is 0 Å². The molecule has 13 heavy (non-hydrogen) atoms. The van der Waals surface area contributed by atoms with Crippen LogP contribution in [0, 0.1) is 5.92 Å². The third-order valence-electron chi connectivity index (χ3n) is 2.35. The van der Waals surface area contributed by atoms with Gasteiger partial charge in [0, 0.05) is 13.1 Å². The molecule has 0 radical (unpaired) electrons. The molecule has 1 atom stereocenters. The summed E-state index contributed by atoms with van der Waals surface area (Å²) in [4.78, 5) is 12.8. The van der Waals surface area contributed by atoms with Crippen molar-refractivity contribution in [3.63, 3.8) is 0 Å². The minimum absolute atomic E-state index is 0.200. The van der Waals surface area contributed by atoms with Crippen molar-refractivity contribution in [3.8, 4) is 0 Å². The number of aliphatic carboxylic acids is 1. The van der Waals surface area contributed by atoms with Crippen LogP contribution in [0.15, 0.2) is 0 Å². The van der Waals surface area contributed by atoms with Gasteiger partial charge in [-0.2, -0.15) is 0 Å². The first-order valence-electron chi connectivity index (χ1n) is 4.45. The number of carboxylic acid groups (broad SMARTS) is 1. The van der Waals surface area contributed by atoms with E-state index in [4.69, 9.17) is 5.11 Å². The van der Waals surface area contributed by atoms with Crippen LogP contribution >= 0.6 is 12.9 Å². The van der Waals surface area contributed by atoms with E-state index in [1.54, 1.807) is 0 Å². The van der Waals surface area contributed by atoms with Gasteiger partial charge in [0.05, 0.1) is 12.5 Å². The monoisotopic (exact) mass is 205 g/mol. The maximum absolute atomic E-state index is 10.7. The fourth-order valence-corrected chi connectivity index (χ4v) is 1.71. The first kappa shape index (κ1) is 10.8. The lowest BCUT2D eigenvalue weighted by Crippen LogP contribution is -2.40. The van der Waals surface area contributed by atoms with E-state index in [0.717, 1.165) is 25.9 Å². The smallest absolute Gasteiger partial charge is 0.307 e. The summed E-state index contributed by atoms with van der Waals surface area (Å²) in [6.07, 6.45) is 1.76. The van der Waals surface area contributed by atoms with Crippen molar-refractivity contribution in [1.29, 1.82) is 0 Å². The molecule has 0 saturated carbocycles. The highest BCUT2D eigenvalue weighted by Gasteiger charge is 2.24. The summed E-state index contributed by atoms with van der Waals surface area (Å²) in [5.41, 5.74) is 0. The second-order valence-electron chi connectivity index (χ2n) is 3.31. The molecule has 0 aliphatic carbocycles. The number of carbonyl (C=O) groups is 1. The van der Waals surface area contributed by atoms with Crippen LogP contribution in [0.4, 0.5) is 0 Å². The largest absolute Gasteiger partial charge is 0.481 e. The van der Waals surface area contributed by atoms with Crippen LogP contribution in [0.3, 0.4) is 0 Å². The van der Waals surface area contributed by atoms with Crippen molar-refractivity contribution < 1.29 is 14.1 Å². The number of piperidine rings is 1. The zero-order chi connectivity index (χ0) is 9.68. The van der Waals surface area contributed by atoms with Crippen LogP contribution in [-0.2, 0) is 8.98 Å². The molecule has 1 aliphatic rings. The van der Waals surface area contributed by atoms with Gasteiger partial charge in [0.2, 0.25) is 0 Å². The van der Waals surface area contributed by atoms with Crippen molar-refractivity contribution in [2.75, 3.05) is 26.2 Å². The van der Waals surface area contributed by atoms with E-state index >= 15 is 0 Å². The van der Waals surface area contributed by atoms with E-state index in [2.05, 4.69) is 22.0 Å². The quantitative estimate of drug-likeness (QED) is 0.522. The molecule has 5 heteroatoms. The van der Waals surface area contributed by atoms with Gasteiger partial charge in [-0.15, -0.1) is 0 Å². The van der Waals surface area contributed by atoms with Gasteiger partial charge in [0.25, 0.3) is 0 Å². The number of likely N-dealkylation sites (tertiary alicyclic amines) is 1. The first-order chi connectivity index (χ1) is 6.24. The third kappa shape index (κ3) is 3.54. The number of hydrogen-bond donors (Lipinski definition) is 2. The number of rotatable bonds is 4. The van der Waals surface area contributed by atoms with Gasteiger partial charge in [-0.3, -0.25) is 4.79 Å². The van der Waals surface area contributed by atoms with Crippen molar-refractivity contribution in [1.82, 2.24) is 4.90 Å². The Morgan fingerprint density at radius 3 is 3.08 bits per heavy atom. The average molecular weight is 205 g/mol. The van der Waals surface area contributed by atoms with Crippen molar-refractivity contribution in [2.45, 2.75) is 12.8 Å². The number of nitrogens with zero attached hydrogens (tertiary/aromatic N) is 1. The topological polar surface area (TPSA) is 49.8 Å². The summed E-state index contributed by atoms with van der Waals surface area (Å²) in [5.74, 6) is -0.884. The van der Waals surface area contributed by atoms with E-state index in [1.165, 1.54) is 0 Å². The second kappa shape index (κ2) is 5.47. The highest BCUT2D eigenvalue weighted by atomic mass is 32.1. The zero-order valence-corrected chi connectivity index (χ0v) is 8.37. The molecule has 76 valence electrons. The average Bonchev–Trinajstić information content (AvgIpc) is 2.15. The molecule has 0 spiro atoms. The van der Waals surface area contributed by atoms with E-state index in [0.29, 0.717) is 13.2 Å². The molecule has 0 aromatic carbocycles. The predicted octanol–water partition coefficient (Wildman–Crippen LogP) is 0.644. The summed E-state index contributed by atoms with van der Waals surface area (Å²) in [6.45, 7) is 2.94. The Hall–Kier alpha value is -0.260. The predicted molar refractivity (Wildman–Crippen MR) is 51.7 cm³/mol. The maximum atomic E-state index is 10.7. The summed E-state index contributed by atoms with van der Waals surface area (Å²) in [6, 6.07) is 0. The molecule has 1 unspecified atom stereocenters. The molecular weight excluding hydrogens is 190 g/mol. The van der Waals surface area contributed by atoms with Crippen LogP contribution in [0.5, 0.6) is 0 Å². The Bertz CT molecular complexity index is 177. The standard InChI is InChI=1S/C8H15NO3S/c10-8(11)7-2-1-3-9(6-7)4-5-12-13/h7,13H,1-6H2,(H,10,11). The Morgan fingerprint density at radius 2 is 2.46 bits per heavy atom. The fourth-order valence-electron chi connectivity index (χ4n) is 1.63. The Labute approximate surface area is 83.5 Å². The van der Waals surface area contributed by atoms with Crippen LogP contribution < -0.4 is 0 Å². The van der Waals surface area contributed by atoms with E-state index in [1.807, 2.05) is 0 Å². The third-order valence-corrected chi connectivity index (χ3v) is 2.54. The summed E-state index contributed by atoms with van der Waals surface area (Å²) in [5, 5.41) is 8.81. The molecule has 0 bridgehead atoms. The second-order valence-corrected chi connectivity index (χ2v) is 3.57. The van der Waals surface area contributed by atoms with Crippen LogP contribution in [-0.4, -0.2) is 42.2 Å². The van der Waals surface area contributed by atoms with E-state index < -0.39 is 5.97 Å². The summed E-state index contributed by atoms with van der Waals surface area (Å²) >= 11 is 3.64. The molecule has 0 aromatic rings. The van der Waals surface area contributed by atoms with Crippen molar-refractivity contribution >= 4 is 18.9 Å². The molecule has 1 heterocycles. The Balaban J connectivity index is 2.29. The van der Waals surface area contributed by atoms with E-state index in [9.17, 15) is 4.79 Å². The van der Waals surface area contributed by atoms with Crippen molar-refractivity contribution in [2.24, 2.45) is 5.92 Å². The minimum Gasteiger partial charge on any atom is -0.481 e. The van der Waals surface area contributed by atoms with Gasteiger partial charge >= 0.3 is 5.97 Å². The van der Waals surface area contributed by atoms with Gasteiger partial charge in [0.15, 0.2) is 0 Å². The highest BCUT2D eigenvalue weighted by Crippen LogP contribution is 2.15. The first-order valence-corrected chi connectivity index (χ1v) is 4.82. The molecule has 1 aliphatic heterocycles. The molecule has 0 amide bonds. The minimum atomic E-state index is -0.684.